The number of carbonyl (C=O) groups is 1. The average Bonchev–Trinajstić information content (AvgIpc) is 2.77. The monoisotopic (exact) mass is 302 g/mol. The van der Waals surface area contributed by atoms with Gasteiger partial charge in [0.2, 0.25) is 5.91 Å². The van der Waals surface area contributed by atoms with E-state index in [0.717, 1.165) is 50.2 Å². The highest BCUT2D eigenvalue weighted by atomic mass is 16.2. The third-order valence-corrected chi connectivity index (χ3v) is 4.50. The van der Waals surface area contributed by atoms with Crippen LogP contribution in [0.5, 0.6) is 0 Å². The van der Waals surface area contributed by atoms with E-state index in [2.05, 4.69) is 44.1 Å². The zero-order valence-electron chi connectivity index (χ0n) is 14.3. The molecule has 1 atom stereocenters. The van der Waals surface area contributed by atoms with Crippen molar-refractivity contribution in [2.24, 2.45) is 5.41 Å². The first-order valence-corrected chi connectivity index (χ1v) is 8.29. The van der Waals surface area contributed by atoms with Gasteiger partial charge in [0.15, 0.2) is 0 Å². The Labute approximate surface area is 135 Å². The van der Waals surface area contributed by atoms with Gasteiger partial charge in [-0.05, 0) is 50.5 Å². The van der Waals surface area contributed by atoms with Gasteiger partial charge in [-0.2, -0.15) is 0 Å². The smallest absolute Gasteiger partial charge is 0.235 e. The molecule has 3 heteroatoms. The summed E-state index contributed by atoms with van der Waals surface area (Å²) in [4.78, 5) is 15.1. The molecule has 1 aliphatic rings. The van der Waals surface area contributed by atoms with Crippen LogP contribution in [0.1, 0.15) is 40.0 Å². The number of nitrogens with one attached hydrogen (secondary N) is 1. The molecule has 0 bridgehead atoms. The molecule has 1 fully saturated rings. The summed E-state index contributed by atoms with van der Waals surface area (Å²) in [6.45, 7) is 17.0. The molecule has 3 nitrogen and oxygen atoms in total. The minimum Gasteiger partial charge on any atom is -0.325 e. The highest BCUT2D eigenvalue weighted by molar-refractivity contribution is 5.94. The zero-order chi connectivity index (χ0) is 16.6. The molecule has 0 saturated carbocycles. The summed E-state index contributed by atoms with van der Waals surface area (Å²) in [5.74, 6) is 0.101. The van der Waals surface area contributed by atoms with Gasteiger partial charge in [-0.1, -0.05) is 52.2 Å². The number of carbonyl (C=O) groups excluding carboxylic acids is 1. The maximum atomic E-state index is 12.7. The van der Waals surface area contributed by atoms with Gasteiger partial charge in [0.1, 0.15) is 0 Å². The number of nitrogens with zero attached hydrogens (tertiary/aromatic N) is 1. The third kappa shape index (κ3) is 3.77. The first-order chi connectivity index (χ1) is 10.6. The van der Waals surface area contributed by atoms with Gasteiger partial charge in [-0.3, -0.25) is 4.79 Å². The molecule has 0 radical (unpaired) electrons. The molecule has 0 aromatic carbocycles. The Morgan fingerprint density at radius 1 is 1.14 bits per heavy atom. The first-order valence-electron chi connectivity index (χ1n) is 8.29. The highest BCUT2D eigenvalue weighted by Crippen LogP contribution is 2.44. The van der Waals surface area contributed by atoms with Crippen molar-refractivity contribution in [3.05, 3.63) is 48.7 Å². The lowest BCUT2D eigenvalue weighted by Gasteiger charge is -2.30. The van der Waals surface area contributed by atoms with Crippen LogP contribution in [0.3, 0.4) is 0 Å². The quantitative estimate of drug-likeness (QED) is 0.702. The van der Waals surface area contributed by atoms with E-state index in [9.17, 15) is 4.79 Å². The van der Waals surface area contributed by atoms with Gasteiger partial charge in [-0.15, -0.1) is 0 Å². The van der Waals surface area contributed by atoms with Gasteiger partial charge in [0, 0.05) is 5.70 Å². The lowest BCUT2D eigenvalue weighted by molar-refractivity contribution is -0.127. The summed E-state index contributed by atoms with van der Waals surface area (Å²) in [7, 11) is 0. The second kappa shape index (κ2) is 8.74. The largest absolute Gasteiger partial charge is 0.325 e. The van der Waals surface area contributed by atoms with E-state index in [-0.39, 0.29) is 5.91 Å². The maximum Gasteiger partial charge on any atom is 0.235 e. The summed E-state index contributed by atoms with van der Waals surface area (Å²) in [5, 5.41) is 3.02. The van der Waals surface area contributed by atoms with Crippen molar-refractivity contribution in [2.75, 3.05) is 19.6 Å². The van der Waals surface area contributed by atoms with Gasteiger partial charge >= 0.3 is 0 Å². The summed E-state index contributed by atoms with van der Waals surface area (Å²) in [5.41, 5.74) is 1.45. The fourth-order valence-corrected chi connectivity index (χ4v) is 3.18. The molecule has 0 aromatic heterocycles. The third-order valence-electron chi connectivity index (χ3n) is 4.50. The molecule has 1 heterocycles. The Hall–Kier alpha value is -1.61. The van der Waals surface area contributed by atoms with E-state index in [1.54, 1.807) is 12.2 Å². The number of hydrogen-bond donors (Lipinski definition) is 1. The number of allylic oxidation sites excluding steroid dienone is 5. The van der Waals surface area contributed by atoms with Crippen molar-refractivity contribution in [1.29, 1.82) is 0 Å². The molecule has 1 amide bonds. The predicted molar refractivity (Wildman–Crippen MR) is 94.4 cm³/mol. The van der Waals surface area contributed by atoms with Gasteiger partial charge in [0.05, 0.1) is 5.41 Å². The zero-order valence-corrected chi connectivity index (χ0v) is 14.3. The Kier molecular flexibility index (Phi) is 7.33. The van der Waals surface area contributed by atoms with E-state index < -0.39 is 5.41 Å². The van der Waals surface area contributed by atoms with Crippen LogP contribution in [-0.4, -0.2) is 30.4 Å². The summed E-state index contributed by atoms with van der Waals surface area (Å²) in [6.07, 6.45) is 10.1. The van der Waals surface area contributed by atoms with E-state index in [4.69, 9.17) is 0 Å². The van der Waals surface area contributed by atoms with Crippen molar-refractivity contribution in [2.45, 2.75) is 40.0 Å². The number of rotatable bonds is 9. The predicted octanol–water partition coefficient (Wildman–Crippen LogP) is 3.82. The van der Waals surface area contributed by atoms with Crippen molar-refractivity contribution in [3.63, 3.8) is 0 Å². The van der Waals surface area contributed by atoms with Crippen LogP contribution in [0.2, 0.25) is 0 Å². The lowest BCUT2D eigenvalue weighted by Crippen LogP contribution is -2.36. The van der Waals surface area contributed by atoms with E-state index in [1.165, 1.54) is 0 Å². The molecule has 1 rings (SSSR count). The molecule has 22 heavy (non-hydrogen) atoms. The maximum absolute atomic E-state index is 12.7. The highest BCUT2D eigenvalue weighted by Gasteiger charge is 2.46. The van der Waals surface area contributed by atoms with Crippen LogP contribution in [0.4, 0.5) is 0 Å². The number of hydrogen-bond acceptors (Lipinski definition) is 2. The second-order valence-corrected chi connectivity index (χ2v) is 5.71. The molecule has 1 unspecified atom stereocenters. The van der Waals surface area contributed by atoms with Gasteiger partial charge < -0.3 is 10.2 Å². The molecule has 0 aliphatic carbocycles. The van der Waals surface area contributed by atoms with E-state index in [0.29, 0.717) is 0 Å². The Bertz CT molecular complexity index is 476. The summed E-state index contributed by atoms with van der Waals surface area (Å²) in [6, 6.07) is 0. The Morgan fingerprint density at radius 2 is 1.82 bits per heavy atom. The van der Waals surface area contributed by atoms with Gasteiger partial charge in [0.25, 0.3) is 0 Å². The molecule has 0 spiro atoms. The molecule has 0 aromatic rings. The second-order valence-electron chi connectivity index (χ2n) is 5.71. The topological polar surface area (TPSA) is 32.3 Å². The molecular weight excluding hydrogens is 272 g/mol. The van der Waals surface area contributed by atoms with Crippen LogP contribution >= 0.6 is 0 Å². The van der Waals surface area contributed by atoms with Crippen molar-refractivity contribution in [1.82, 2.24) is 10.2 Å². The minimum absolute atomic E-state index is 0.101. The Balaban J connectivity index is 3.09. The lowest BCUT2D eigenvalue weighted by atomic mass is 9.75. The summed E-state index contributed by atoms with van der Waals surface area (Å²) < 4.78 is 0. The van der Waals surface area contributed by atoms with Crippen LogP contribution in [0.25, 0.3) is 0 Å². The molecular formula is C19H30N2O. The standard InChI is InChI=1S/C19H30N2O/c1-6-11-16-17(12-7-2)20-18(22)19(16,9-4)13-15-21(10-5)14-8-3/h6-7,11-12H,1-2,8-10,13-15H2,3-5H3,(H,20,22)/b16-11?,17-12+. The molecule has 1 aliphatic heterocycles. The van der Waals surface area contributed by atoms with Crippen LogP contribution < -0.4 is 5.32 Å². The fourth-order valence-electron chi connectivity index (χ4n) is 3.18. The first kappa shape index (κ1) is 18.4. The SMILES string of the molecule is C=CC=C1/C(=C\C=C)NC(=O)C1(CC)CCN(CC)CCC. The Morgan fingerprint density at radius 3 is 2.32 bits per heavy atom. The van der Waals surface area contributed by atoms with Crippen molar-refractivity contribution >= 4 is 5.91 Å². The van der Waals surface area contributed by atoms with Crippen LogP contribution in [0.15, 0.2) is 48.7 Å². The molecule has 1 saturated heterocycles. The van der Waals surface area contributed by atoms with Crippen LogP contribution in [0, 0.1) is 5.41 Å². The molecule has 122 valence electrons. The summed E-state index contributed by atoms with van der Waals surface area (Å²) >= 11 is 0. The average molecular weight is 302 g/mol. The van der Waals surface area contributed by atoms with E-state index in [1.807, 2.05) is 12.2 Å². The van der Waals surface area contributed by atoms with Gasteiger partial charge in [-0.25, -0.2) is 0 Å². The minimum atomic E-state index is -0.454. The fraction of sp³-hybridized carbons (Fsp3) is 0.526. The van der Waals surface area contributed by atoms with Crippen LogP contribution in [-0.2, 0) is 4.79 Å². The van der Waals surface area contributed by atoms with E-state index >= 15 is 0 Å². The van der Waals surface area contributed by atoms with Crippen molar-refractivity contribution < 1.29 is 4.79 Å². The normalized spacial score (nSPS) is 25.0. The van der Waals surface area contributed by atoms with Crippen molar-refractivity contribution in [3.8, 4) is 0 Å². The molecule has 1 N–H and O–H groups in total. The number of amides is 1.